The number of fused-ring (bicyclic) bond motifs is 1. The Bertz CT molecular complexity index is 958. The number of benzene rings is 2. The van der Waals surface area contributed by atoms with E-state index >= 15 is 0 Å². The molecule has 0 N–H and O–H groups in total. The van der Waals surface area contributed by atoms with Crippen molar-refractivity contribution >= 4 is 56.0 Å². The molecule has 2 heterocycles. The number of carbonyl (C=O) groups excluding carboxylic acids is 1. The summed E-state index contributed by atoms with van der Waals surface area (Å²) in [6.45, 7) is 0. The van der Waals surface area contributed by atoms with Gasteiger partial charge in [-0.1, -0.05) is 35.1 Å². The van der Waals surface area contributed by atoms with Gasteiger partial charge in [-0.25, -0.2) is 9.37 Å². The van der Waals surface area contributed by atoms with Crippen LogP contribution in [0.15, 0.2) is 36.4 Å². The second-order valence-electron chi connectivity index (χ2n) is 5.37. The Kier molecular flexibility index (Phi) is 4.31. The van der Waals surface area contributed by atoms with Crippen molar-refractivity contribution in [2.45, 2.75) is 5.37 Å². The smallest absolute Gasteiger partial charge is 0.240 e. The number of carbonyl (C=O) groups is 1. The first-order valence-electron chi connectivity index (χ1n) is 7.41. The van der Waals surface area contributed by atoms with E-state index in [9.17, 15) is 9.18 Å². The number of thiazole rings is 1. The minimum absolute atomic E-state index is 0.118. The van der Waals surface area contributed by atoms with Gasteiger partial charge in [0.1, 0.15) is 22.5 Å². The number of nitrogens with zero attached hydrogens (tertiary/aromatic N) is 2. The number of methoxy groups -OCH3 is 1. The van der Waals surface area contributed by atoms with Crippen molar-refractivity contribution in [1.82, 2.24) is 4.98 Å². The molecule has 0 saturated carbocycles. The fourth-order valence-corrected chi connectivity index (χ4v) is 5.41. The van der Waals surface area contributed by atoms with E-state index in [1.54, 1.807) is 19.2 Å². The summed E-state index contributed by atoms with van der Waals surface area (Å²) in [6.07, 6.45) is 0. The summed E-state index contributed by atoms with van der Waals surface area (Å²) in [4.78, 5) is 18.6. The van der Waals surface area contributed by atoms with Crippen LogP contribution in [0.25, 0.3) is 10.2 Å². The zero-order valence-corrected chi connectivity index (χ0v) is 15.4. The van der Waals surface area contributed by atoms with Crippen molar-refractivity contribution in [1.29, 1.82) is 0 Å². The van der Waals surface area contributed by atoms with Gasteiger partial charge in [0.05, 0.1) is 17.6 Å². The summed E-state index contributed by atoms with van der Waals surface area (Å²) >= 11 is 8.92. The number of halogens is 2. The normalized spacial score (nSPS) is 17.5. The summed E-state index contributed by atoms with van der Waals surface area (Å²) in [6, 6.07) is 10.1. The van der Waals surface area contributed by atoms with Crippen LogP contribution in [-0.4, -0.2) is 23.8 Å². The molecule has 25 heavy (non-hydrogen) atoms. The van der Waals surface area contributed by atoms with E-state index in [0.717, 1.165) is 4.70 Å². The molecule has 0 bridgehead atoms. The van der Waals surface area contributed by atoms with Gasteiger partial charge in [-0.05, 0) is 24.3 Å². The average Bonchev–Trinajstić information content (AvgIpc) is 3.17. The number of para-hydroxylation sites is 1. The van der Waals surface area contributed by atoms with E-state index in [-0.39, 0.29) is 11.7 Å². The number of hydrogen-bond acceptors (Lipinski definition) is 5. The second kappa shape index (κ2) is 6.48. The highest BCUT2D eigenvalue weighted by Gasteiger charge is 2.38. The molecule has 1 unspecified atom stereocenters. The maximum atomic E-state index is 14.4. The number of thioether (sulfide) groups is 1. The van der Waals surface area contributed by atoms with Crippen LogP contribution in [0.5, 0.6) is 5.75 Å². The van der Waals surface area contributed by atoms with Crippen LogP contribution in [0.4, 0.5) is 9.52 Å². The van der Waals surface area contributed by atoms with Crippen LogP contribution in [0.2, 0.25) is 5.02 Å². The SMILES string of the molecule is COc1cccc2sc(N3C(=O)CSC3c3c(F)cccc3Cl)nc12. The van der Waals surface area contributed by atoms with Crippen LogP contribution in [-0.2, 0) is 4.79 Å². The lowest BCUT2D eigenvalue weighted by Gasteiger charge is -2.22. The molecule has 1 aliphatic rings. The molecule has 1 saturated heterocycles. The van der Waals surface area contributed by atoms with Gasteiger partial charge in [-0.3, -0.25) is 9.69 Å². The summed E-state index contributed by atoms with van der Waals surface area (Å²) in [7, 11) is 1.58. The van der Waals surface area contributed by atoms with Crippen LogP contribution < -0.4 is 9.64 Å². The zero-order valence-electron chi connectivity index (χ0n) is 13.0. The van der Waals surface area contributed by atoms with E-state index in [1.165, 1.54) is 34.1 Å². The number of aromatic nitrogens is 1. The third kappa shape index (κ3) is 2.76. The van der Waals surface area contributed by atoms with Crippen molar-refractivity contribution in [3.05, 3.63) is 52.8 Å². The van der Waals surface area contributed by atoms with Crippen molar-refractivity contribution < 1.29 is 13.9 Å². The number of hydrogen-bond donors (Lipinski definition) is 0. The minimum Gasteiger partial charge on any atom is -0.494 e. The van der Waals surface area contributed by atoms with E-state index in [0.29, 0.717) is 27.0 Å². The topological polar surface area (TPSA) is 42.4 Å². The Labute approximate surface area is 156 Å². The van der Waals surface area contributed by atoms with Crippen molar-refractivity contribution in [2.75, 3.05) is 17.8 Å². The van der Waals surface area contributed by atoms with Crippen LogP contribution in [0, 0.1) is 5.82 Å². The van der Waals surface area contributed by atoms with E-state index in [4.69, 9.17) is 16.3 Å². The third-order valence-corrected chi connectivity index (χ3v) is 6.44. The molecule has 1 aromatic heterocycles. The van der Waals surface area contributed by atoms with E-state index in [1.807, 2.05) is 18.2 Å². The molecule has 4 nitrogen and oxygen atoms in total. The van der Waals surface area contributed by atoms with Gasteiger partial charge < -0.3 is 4.74 Å². The minimum atomic E-state index is -0.534. The van der Waals surface area contributed by atoms with Gasteiger partial charge in [0.2, 0.25) is 5.91 Å². The number of amides is 1. The van der Waals surface area contributed by atoms with Crippen LogP contribution in [0.3, 0.4) is 0 Å². The Morgan fingerprint density at radius 3 is 2.88 bits per heavy atom. The van der Waals surface area contributed by atoms with Gasteiger partial charge in [0.15, 0.2) is 5.13 Å². The van der Waals surface area contributed by atoms with Crippen LogP contribution in [0.1, 0.15) is 10.9 Å². The molecular formula is C17H12ClFN2O2S2. The molecule has 4 rings (SSSR count). The summed E-state index contributed by atoms with van der Waals surface area (Å²) in [5.41, 5.74) is 0.999. The van der Waals surface area contributed by atoms with Crippen molar-refractivity contribution in [3.63, 3.8) is 0 Å². The summed E-state index contributed by atoms with van der Waals surface area (Å²) in [5.74, 6) is 0.345. The van der Waals surface area contributed by atoms with Crippen molar-refractivity contribution in [2.24, 2.45) is 0 Å². The highest BCUT2D eigenvalue weighted by Crippen LogP contribution is 2.47. The van der Waals surface area contributed by atoms with Gasteiger partial charge in [0, 0.05) is 10.6 Å². The first-order chi connectivity index (χ1) is 12.1. The molecule has 1 aliphatic heterocycles. The van der Waals surface area contributed by atoms with Gasteiger partial charge in [0.25, 0.3) is 0 Å². The molecule has 128 valence electrons. The molecule has 1 atom stereocenters. The first-order valence-corrected chi connectivity index (χ1v) is 9.65. The van der Waals surface area contributed by atoms with Crippen LogP contribution >= 0.6 is 34.7 Å². The van der Waals surface area contributed by atoms with Crippen molar-refractivity contribution in [3.8, 4) is 5.75 Å². The highest BCUT2D eigenvalue weighted by molar-refractivity contribution is 8.00. The Morgan fingerprint density at radius 1 is 1.32 bits per heavy atom. The van der Waals surface area contributed by atoms with Gasteiger partial charge in [-0.15, -0.1) is 11.8 Å². The Morgan fingerprint density at radius 2 is 2.12 bits per heavy atom. The molecule has 1 amide bonds. The molecule has 0 spiro atoms. The number of ether oxygens (including phenoxy) is 1. The molecule has 3 aromatic rings. The largest absolute Gasteiger partial charge is 0.494 e. The maximum absolute atomic E-state index is 14.4. The Hall–Kier alpha value is -1.83. The average molecular weight is 395 g/mol. The van der Waals surface area contributed by atoms with Gasteiger partial charge in [-0.2, -0.15) is 0 Å². The molecule has 0 aliphatic carbocycles. The third-order valence-electron chi connectivity index (χ3n) is 3.91. The monoisotopic (exact) mass is 394 g/mol. The molecule has 8 heteroatoms. The summed E-state index contributed by atoms with van der Waals surface area (Å²) < 4.78 is 20.6. The predicted molar refractivity (Wildman–Crippen MR) is 100 cm³/mol. The lowest BCUT2D eigenvalue weighted by Crippen LogP contribution is -2.28. The highest BCUT2D eigenvalue weighted by atomic mass is 35.5. The predicted octanol–water partition coefficient (Wildman–Crippen LogP) is 4.88. The van der Waals surface area contributed by atoms with E-state index < -0.39 is 11.2 Å². The summed E-state index contributed by atoms with van der Waals surface area (Å²) in [5, 5.41) is 0.280. The fraction of sp³-hybridized carbons (Fsp3) is 0.176. The Balaban J connectivity index is 1.84. The van der Waals surface area contributed by atoms with E-state index in [2.05, 4.69) is 4.98 Å². The number of anilines is 1. The fourth-order valence-electron chi connectivity index (χ4n) is 2.77. The molecular weight excluding hydrogens is 383 g/mol. The molecule has 0 radical (unpaired) electrons. The first kappa shape index (κ1) is 16.6. The number of rotatable bonds is 3. The zero-order chi connectivity index (χ0) is 17.6. The quantitative estimate of drug-likeness (QED) is 0.635. The maximum Gasteiger partial charge on any atom is 0.240 e. The lowest BCUT2D eigenvalue weighted by atomic mass is 10.2. The van der Waals surface area contributed by atoms with Gasteiger partial charge >= 0.3 is 0 Å². The second-order valence-corrected chi connectivity index (χ2v) is 7.85. The standard InChI is InChI=1S/C17H12ClFN2O2S2/c1-23-11-6-3-7-12-15(11)20-17(25-12)21-13(22)8-24-16(21)14-9(18)4-2-5-10(14)19/h2-7,16H,8H2,1H3. The molecule has 1 fully saturated rings. The lowest BCUT2D eigenvalue weighted by molar-refractivity contribution is -0.115. The molecule has 2 aromatic carbocycles.